The van der Waals surface area contributed by atoms with Crippen molar-refractivity contribution in [3.63, 3.8) is 0 Å². The van der Waals surface area contributed by atoms with Gasteiger partial charge in [-0.15, -0.1) is 11.3 Å². The van der Waals surface area contributed by atoms with Gasteiger partial charge in [0.2, 0.25) is 0 Å². The van der Waals surface area contributed by atoms with Gasteiger partial charge in [0.25, 0.3) is 0 Å². The Hall–Kier alpha value is -0.910. The zero-order chi connectivity index (χ0) is 13.9. The highest BCUT2D eigenvalue weighted by Gasteiger charge is 2.24. The molecule has 1 heterocycles. The molecule has 0 saturated heterocycles. The van der Waals surface area contributed by atoms with Crippen LogP contribution in [-0.4, -0.2) is 16.4 Å². The normalized spacial score (nSPS) is 14.9. The van der Waals surface area contributed by atoms with Crippen LogP contribution in [0.2, 0.25) is 0 Å². The molecule has 0 unspecified atom stereocenters. The number of nitrogen functional groups attached to an aromatic ring is 1. The van der Waals surface area contributed by atoms with Gasteiger partial charge < -0.3 is 5.73 Å². The van der Waals surface area contributed by atoms with Crippen molar-refractivity contribution < 1.29 is 0 Å². The van der Waals surface area contributed by atoms with Crippen molar-refractivity contribution >= 4 is 32.4 Å². The molecule has 0 bridgehead atoms. The number of halogens is 1. The highest BCUT2D eigenvalue weighted by molar-refractivity contribution is 9.10. The van der Waals surface area contributed by atoms with Crippen LogP contribution in [0, 0.1) is 5.92 Å². The van der Waals surface area contributed by atoms with E-state index in [2.05, 4.69) is 50.1 Å². The molecule has 3 nitrogen and oxygen atoms in total. The van der Waals surface area contributed by atoms with Gasteiger partial charge in [-0.2, -0.15) is 0 Å². The third-order valence-electron chi connectivity index (χ3n) is 3.46. The van der Waals surface area contributed by atoms with Crippen LogP contribution in [0.1, 0.15) is 23.3 Å². The van der Waals surface area contributed by atoms with Gasteiger partial charge in [0, 0.05) is 35.2 Å². The predicted octanol–water partition coefficient (Wildman–Crippen LogP) is 3.90. The van der Waals surface area contributed by atoms with Crippen molar-refractivity contribution in [1.29, 1.82) is 0 Å². The number of hydrogen-bond acceptors (Lipinski definition) is 4. The molecule has 1 aromatic heterocycles. The zero-order valence-electron chi connectivity index (χ0n) is 11.3. The Morgan fingerprint density at radius 1 is 1.35 bits per heavy atom. The fourth-order valence-electron chi connectivity index (χ4n) is 2.36. The molecule has 106 valence electrons. The molecule has 1 aliphatic rings. The molecule has 2 N–H and O–H groups in total. The zero-order valence-corrected chi connectivity index (χ0v) is 13.7. The molecule has 20 heavy (non-hydrogen) atoms. The van der Waals surface area contributed by atoms with E-state index in [1.54, 1.807) is 11.3 Å². The standard InChI is InChI=1S/C15H18BrN3S/c16-13-3-1-2-12(6-13)9-19(8-11-4-5-11)10-14-7-18-15(17)20-14/h1-3,6-7,11H,4-5,8-10H2,(H2,17,18). The number of nitrogens with zero attached hydrogens (tertiary/aromatic N) is 2. The molecule has 3 rings (SSSR count). The summed E-state index contributed by atoms with van der Waals surface area (Å²) in [5.41, 5.74) is 7.07. The molecule has 1 saturated carbocycles. The van der Waals surface area contributed by atoms with Crippen molar-refractivity contribution in [2.75, 3.05) is 12.3 Å². The Bertz CT molecular complexity index is 580. The fraction of sp³-hybridized carbons (Fsp3) is 0.400. The van der Waals surface area contributed by atoms with E-state index < -0.39 is 0 Å². The summed E-state index contributed by atoms with van der Waals surface area (Å²) in [7, 11) is 0. The number of nitrogens with two attached hydrogens (primary N) is 1. The van der Waals surface area contributed by atoms with Gasteiger partial charge >= 0.3 is 0 Å². The molecule has 0 spiro atoms. The molecule has 1 aromatic carbocycles. The van der Waals surface area contributed by atoms with Crippen LogP contribution in [0.4, 0.5) is 5.13 Å². The monoisotopic (exact) mass is 351 g/mol. The second-order valence-electron chi connectivity index (χ2n) is 5.41. The summed E-state index contributed by atoms with van der Waals surface area (Å²) in [5, 5.41) is 0.661. The van der Waals surface area contributed by atoms with Gasteiger partial charge in [-0.05, 0) is 36.5 Å². The first-order chi connectivity index (χ1) is 9.69. The maximum absolute atomic E-state index is 5.72. The Kier molecular flexibility index (Phi) is 4.38. The topological polar surface area (TPSA) is 42.1 Å². The van der Waals surface area contributed by atoms with Crippen LogP contribution >= 0.6 is 27.3 Å². The Balaban J connectivity index is 1.68. The minimum Gasteiger partial charge on any atom is -0.375 e. The molecular weight excluding hydrogens is 334 g/mol. The fourth-order valence-corrected chi connectivity index (χ4v) is 3.53. The quantitative estimate of drug-likeness (QED) is 0.857. The summed E-state index contributed by atoms with van der Waals surface area (Å²) in [6, 6.07) is 8.55. The van der Waals surface area contributed by atoms with Crippen LogP contribution in [0.25, 0.3) is 0 Å². The van der Waals surface area contributed by atoms with Gasteiger partial charge in [-0.25, -0.2) is 4.98 Å². The van der Waals surface area contributed by atoms with Gasteiger partial charge in [-0.3, -0.25) is 4.90 Å². The van der Waals surface area contributed by atoms with E-state index in [1.807, 2.05) is 6.20 Å². The lowest BCUT2D eigenvalue weighted by Gasteiger charge is -2.21. The summed E-state index contributed by atoms with van der Waals surface area (Å²) in [5.74, 6) is 0.882. The first-order valence-electron chi connectivity index (χ1n) is 6.86. The van der Waals surface area contributed by atoms with Crippen molar-refractivity contribution in [3.8, 4) is 0 Å². The van der Waals surface area contributed by atoms with Gasteiger partial charge in [0.05, 0.1) is 0 Å². The van der Waals surface area contributed by atoms with Crippen LogP contribution < -0.4 is 5.73 Å². The number of thiazole rings is 1. The van der Waals surface area contributed by atoms with Crippen LogP contribution in [0.3, 0.4) is 0 Å². The molecular formula is C15H18BrN3S. The SMILES string of the molecule is Nc1ncc(CN(Cc2cccc(Br)c2)CC2CC2)s1. The maximum Gasteiger partial charge on any atom is 0.180 e. The summed E-state index contributed by atoms with van der Waals surface area (Å²) in [6.07, 6.45) is 4.65. The van der Waals surface area contributed by atoms with E-state index in [0.29, 0.717) is 5.13 Å². The molecule has 5 heteroatoms. The third kappa shape index (κ3) is 4.04. The predicted molar refractivity (Wildman–Crippen MR) is 87.5 cm³/mol. The lowest BCUT2D eigenvalue weighted by Crippen LogP contribution is -2.24. The van der Waals surface area contributed by atoms with E-state index >= 15 is 0 Å². The second-order valence-corrected chi connectivity index (χ2v) is 7.47. The summed E-state index contributed by atoms with van der Waals surface area (Å²) in [6.45, 7) is 3.09. The molecule has 0 radical (unpaired) electrons. The second kappa shape index (κ2) is 6.24. The number of benzene rings is 1. The van der Waals surface area contributed by atoms with Gasteiger partial charge in [0.15, 0.2) is 5.13 Å². The first-order valence-corrected chi connectivity index (χ1v) is 8.47. The summed E-state index contributed by atoms with van der Waals surface area (Å²) in [4.78, 5) is 7.90. The molecule has 0 amide bonds. The number of rotatable bonds is 6. The van der Waals surface area contributed by atoms with E-state index in [9.17, 15) is 0 Å². The summed E-state index contributed by atoms with van der Waals surface area (Å²) >= 11 is 5.14. The molecule has 0 aliphatic heterocycles. The van der Waals surface area contributed by atoms with Crippen molar-refractivity contribution in [3.05, 3.63) is 45.4 Å². The number of hydrogen-bond donors (Lipinski definition) is 1. The largest absolute Gasteiger partial charge is 0.375 e. The minimum absolute atomic E-state index is 0.661. The smallest absolute Gasteiger partial charge is 0.180 e. The molecule has 1 aliphatic carbocycles. The van der Waals surface area contributed by atoms with E-state index in [1.165, 1.54) is 29.8 Å². The third-order valence-corrected chi connectivity index (χ3v) is 4.76. The van der Waals surface area contributed by atoms with E-state index in [-0.39, 0.29) is 0 Å². The lowest BCUT2D eigenvalue weighted by molar-refractivity contribution is 0.248. The van der Waals surface area contributed by atoms with Gasteiger partial charge in [0.1, 0.15) is 0 Å². The maximum atomic E-state index is 5.72. The average Bonchev–Trinajstić information content (AvgIpc) is 3.11. The van der Waals surface area contributed by atoms with Crippen LogP contribution in [-0.2, 0) is 13.1 Å². The molecule has 0 atom stereocenters. The van der Waals surface area contributed by atoms with Crippen LogP contribution in [0.5, 0.6) is 0 Å². The summed E-state index contributed by atoms with van der Waals surface area (Å²) < 4.78 is 1.14. The minimum atomic E-state index is 0.661. The van der Waals surface area contributed by atoms with Crippen molar-refractivity contribution in [2.24, 2.45) is 5.92 Å². The Labute approximate surface area is 131 Å². The van der Waals surface area contributed by atoms with Crippen molar-refractivity contribution in [1.82, 2.24) is 9.88 Å². The van der Waals surface area contributed by atoms with Gasteiger partial charge in [-0.1, -0.05) is 28.1 Å². The number of aromatic nitrogens is 1. The Morgan fingerprint density at radius 2 is 2.20 bits per heavy atom. The number of anilines is 1. The first kappa shape index (κ1) is 14.0. The highest BCUT2D eigenvalue weighted by Crippen LogP contribution is 2.31. The average molecular weight is 352 g/mol. The molecule has 2 aromatic rings. The van der Waals surface area contributed by atoms with E-state index in [4.69, 9.17) is 5.73 Å². The van der Waals surface area contributed by atoms with Crippen molar-refractivity contribution in [2.45, 2.75) is 25.9 Å². The molecule has 1 fully saturated rings. The van der Waals surface area contributed by atoms with Crippen LogP contribution in [0.15, 0.2) is 34.9 Å². The Morgan fingerprint density at radius 3 is 2.85 bits per heavy atom. The lowest BCUT2D eigenvalue weighted by atomic mass is 10.2. The highest BCUT2D eigenvalue weighted by atomic mass is 79.9. The van der Waals surface area contributed by atoms with E-state index in [0.717, 1.165) is 23.5 Å².